The minimum absolute atomic E-state index is 0.0139. The van der Waals surface area contributed by atoms with Gasteiger partial charge < -0.3 is 0 Å². The molecule has 0 radical (unpaired) electrons. The number of aromatic nitrogens is 1. The van der Waals surface area contributed by atoms with Crippen LogP contribution in [0.4, 0.5) is 0 Å². The van der Waals surface area contributed by atoms with Gasteiger partial charge in [-0.25, -0.2) is 0 Å². The number of pyridine rings is 1. The highest BCUT2D eigenvalue weighted by molar-refractivity contribution is 6.06. The van der Waals surface area contributed by atoms with Crippen molar-refractivity contribution in [3.05, 3.63) is 71.6 Å². The van der Waals surface area contributed by atoms with E-state index in [0.717, 1.165) is 11.3 Å². The van der Waals surface area contributed by atoms with E-state index < -0.39 is 0 Å². The molecule has 0 aliphatic carbocycles. The summed E-state index contributed by atoms with van der Waals surface area (Å²) in [6.45, 7) is 1.93. The van der Waals surface area contributed by atoms with Crippen LogP contribution in [-0.2, 0) is 9.59 Å². The lowest BCUT2D eigenvalue weighted by atomic mass is 10.1. The maximum absolute atomic E-state index is 11.8. The van der Waals surface area contributed by atoms with Gasteiger partial charge in [-0.15, -0.1) is 0 Å². The van der Waals surface area contributed by atoms with Crippen LogP contribution < -0.4 is 0 Å². The number of allylic oxidation sites excluding steroid dienone is 1. The number of rotatable bonds is 3. The Morgan fingerprint density at radius 2 is 1.80 bits per heavy atom. The molecule has 0 aliphatic rings. The predicted molar refractivity (Wildman–Crippen MR) is 73.8 cm³/mol. The first-order valence-electron chi connectivity index (χ1n) is 5.86. The summed E-state index contributed by atoms with van der Waals surface area (Å²) in [7, 11) is 0. The Bertz CT molecular complexity index is 627. The Morgan fingerprint density at radius 1 is 1.15 bits per heavy atom. The van der Waals surface area contributed by atoms with E-state index in [1.807, 2.05) is 55.5 Å². The summed E-state index contributed by atoms with van der Waals surface area (Å²) in [5, 5.41) is 0. The molecule has 1 aromatic carbocycles. The highest BCUT2D eigenvalue weighted by Gasteiger charge is 1.99. The second-order valence-electron chi connectivity index (χ2n) is 3.88. The Kier molecular flexibility index (Phi) is 6.31. The van der Waals surface area contributed by atoms with Crippen LogP contribution in [0.25, 0.3) is 6.08 Å². The predicted octanol–water partition coefficient (Wildman–Crippen LogP) is 2.70. The summed E-state index contributed by atoms with van der Waals surface area (Å²) in [6.07, 6.45) is 5.39. The van der Waals surface area contributed by atoms with Crippen molar-refractivity contribution < 1.29 is 14.4 Å². The van der Waals surface area contributed by atoms with Gasteiger partial charge in [0.05, 0.1) is 0 Å². The Morgan fingerprint density at radius 3 is 2.40 bits per heavy atom. The van der Waals surface area contributed by atoms with Crippen molar-refractivity contribution in [2.24, 2.45) is 0 Å². The molecule has 0 fully saturated rings. The molecule has 2 rings (SSSR count). The maximum atomic E-state index is 11.8. The van der Waals surface area contributed by atoms with Crippen molar-refractivity contribution in [1.29, 1.82) is 0 Å². The third-order valence-corrected chi connectivity index (χ3v) is 2.41. The molecule has 0 saturated carbocycles. The fourth-order valence-corrected chi connectivity index (χ4v) is 1.54. The molecule has 0 atom stereocenters. The van der Waals surface area contributed by atoms with Gasteiger partial charge in [0.2, 0.25) is 0 Å². The normalized spacial score (nSPS) is 9.45. The molecule has 1 aromatic heterocycles. The lowest BCUT2D eigenvalue weighted by molar-refractivity contribution is -0.191. The number of ketones is 1. The summed E-state index contributed by atoms with van der Waals surface area (Å²) < 4.78 is 0. The van der Waals surface area contributed by atoms with E-state index in [1.54, 1.807) is 12.3 Å². The van der Waals surface area contributed by atoms with Crippen LogP contribution in [-0.4, -0.2) is 16.9 Å². The Balaban J connectivity index is 0.000000612. The minimum Gasteiger partial charge on any atom is -0.289 e. The highest BCUT2D eigenvalue weighted by Crippen LogP contribution is 2.06. The average molecular weight is 267 g/mol. The van der Waals surface area contributed by atoms with Gasteiger partial charge in [0.25, 0.3) is 0 Å². The van der Waals surface area contributed by atoms with Crippen LogP contribution in [0.5, 0.6) is 0 Å². The number of carbonyl (C=O) groups is 1. The quantitative estimate of drug-likeness (QED) is 0.633. The zero-order chi connectivity index (χ0) is 14.8. The number of nitrogens with zero attached hydrogens (tertiary/aromatic N) is 1. The van der Waals surface area contributed by atoms with E-state index in [9.17, 15) is 4.79 Å². The maximum Gasteiger partial charge on any atom is 0.373 e. The second kappa shape index (κ2) is 8.29. The lowest BCUT2D eigenvalue weighted by Crippen LogP contribution is -1.92. The van der Waals surface area contributed by atoms with E-state index in [4.69, 9.17) is 9.59 Å². The molecule has 4 nitrogen and oxygen atoms in total. The molecule has 20 heavy (non-hydrogen) atoms. The number of hydrogen-bond donors (Lipinski definition) is 0. The molecular formula is C16H13NO3. The molecule has 0 unspecified atom stereocenters. The van der Waals surface area contributed by atoms with Crippen molar-refractivity contribution in [3.63, 3.8) is 0 Å². The van der Waals surface area contributed by atoms with Crippen molar-refractivity contribution in [2.75, 3.05) is 0 Å². The summed E-state index contributed by atoms with van der Waals surface area (Å²) in [6, 6.07) is 13.0. The summed E-state index contributed by atoms with van der Waals surface area (Å²) in [5.41, 5.74) is 2.63. The van der Waals surface area contributed by atoms with Gasteiger partial charge in [-0.3, -0.25) is 9.78 Å². The SMILES string of the molecule is Cc1cc(/C=C\C(=O)c2ccccc2)ccn1.O=C=O. The topological polar surface area (TPSA) is 64.1 Å². The van der Waals surface area contributed by atoms with Crippen molar-refractivity contribution >= 4 is 18.0 Å². The smallest absolute Gasteiger partial charge is 0.289 e. The largest absolute Gasteiger partial charge is 0.373 e. The van der Waals surface area contributed by atoms with Gasteiger partial charge in [0, 0.05) is 17.5 Å². The molecular weight excluding hydrogens is 254 g/mol. The number of carbonyl (C=O) groups excluding carboxylic acids is 3. The van der Waals surface area contributed by atoms with Gasteiger partial charge in [-0.1, -0.05) is 36.4 Å². The monoisotopic (exact) mass is 267 g/mol. The molecule has 0 bridgehead atoms. The van der Waals surface area contributed by atoms with Gasteiger partial charge in [0.15, 0.2) is 5.78 Å². The van der Waals surface area contributed by atoms with Crippen LogP contribution in [0.3, 0.4) is 0 Å². The summed E-state index contributed by atoms with van der Waals surface area (Å²) >= 11 is 0. The van der Waals surface area contributed by atoms with Crippen molar-refractivity contribution in [2.45, 2.75) is 6.92 Å². The van der Waals surface area contributed by atoms with E-state index in [2.05, 4.69) is 4.98 Å². The molecule has 0 aliphatic heterocycles. The fraction of sp³-hybridized carbons (Fsp3) is 0.0625. The van der Waals surface area contributed by atoms with Gasteiger partial charge in [0.1, 0.15) is 0 Å². The third-order valence-electron chi connectivity index (χ3n) is 2.41. The summed E-state index contributed by atoms with van der Waals surface area (Å²) in [5.74, 6) is 0.0139. The average Bonchev–Trinajstić information content (AvgIpc) is 2.47. The molecule has 0 saturated heterocycles. The molecule has 100 valence electrons. The van der Waals surface area contributed by atoms with Crippen molar-refractivity contribution in [1.82, 2.24) is 4.98 Å². The van der Waals surface area contributed by atoms with E-state index in [1.165, 1.54) is 0 Å². The molecule has 0 amide bonds. The van der Waals surface area contributed by atoms with Gasteiger partial charge in [-0.05, 0) is 30.7 Å². The summed E-state index contributed by atoms with van der Waals surface area (Å²) in [4.78, 5) is 32.2. The zero-order valence-electron chi connectivity index (χ0n) is 10.9. The zero-order valence-corrected chi connectivity index (χ0v) is 10.9. The molecule has 1 heterocycles. The molecule has 2 aromatic rings. The Labute approximate surface area is 116 Å². The highest BCUT2D eigenvalue weighted by atomic mass is 16.2. The van der Waals surface area contributed by atoms with Crippen LogP contribution in [0.1, 0.15) is 21.6 Å². The van der Waals surface area contributed by atoms with Gasteiger partial charge >= 0.3 is 6.15 Å². The number of hydrogen-bond acceptors (Lipinski definition) is 4. The van der Waals surface area contributed by atoms with E-state index >= 15 is 0 Å². The second-order valence-corrected chi connectivity index (χ2v) is 3.88. The van der Waals surface area contributed by atoms with Crippen LogP contribution in [0, 0.1) is 6.92 Å². The first-order valence-corrected chi connectivity index (χ1v) is 5.86. The fourth-order valence-electron chi connectivity index (χ4n) is 1.54. The third kappa shape index (κ3) is 5.21. The van der Waals surface area contributed by atoms with E-state index in [0.29, 0.717) is 5.56 Å². The molecule has 0 N–H and O–H groups in total. The van der Waals surface area contributed by atoms with Crippen LogP contribution in [0.15, 0.2) is 54.7 Å². The number of aryl methyl sites for hydroxylation is 1. The lowest BCUT2D eigenvalue weighted by Gasteiger charge is -1.96. The van der Waals surface area contributed by atoms with E-state index in [-0.39, 0.29) is 11.9 Å². The van der Waals surface area contributed by atoms with Gasteiger partial charge in [-0.2, -0.15) is 9.59 Å². The first-order chi connectivity index (χ1) is 9.67. The standard InChI is InChI=1S/C15H13NO.CO2/c1-12-11-13(9-10-16-12)7-8-15(17)14-5-3-2-4-6-14;2-1-3/h2-11H,1H3;/b8-7-;. The van der Waals surface area contributed by atoms with Crippen LogP contribution >= 0.6 is 0 Å². The molecule has 4 heteroatoms. The Hall–Kier alpha value is -2.84. The minimum atomic E-state index is 0.0139. The van der Waals surface area contributed by atoms with Crippen molar-refractivity contribution in [3.8, 4) is 0 Å². The van der Waals surface area contributed by atoms with Crippen LogP contribution in [0.2, 0.25) is 0 Å². The first kappa shape index (κ1) is 15.2. The number of benzene rings is 1. The molecule has 0 spiro atoms.